The molecule has 1 saturated heterocycles. The number of carbonyl (C=O) groups excluding carboxylic acids is 1. The molecule has 1 aromatic heterocycles. The number of nitrogens with zero attached hydrogens (tertiary/aromatic N) is 1. The Balaban J connectivity index is 1.76. The van der Waals surface area contributed by atoms with E-state index in [0.717, 1.165) is 35.9 Å². The summed E-state index contributed by atoms with van der Waals surface area (Å²) >= 11 is 0. The quantitative estimate of drug-likeness (QED) is 0.909. The normalized spacial score (nSPS) is 22.7. The predicted octanol–water partition coefficient (Wildman–Crippen LogP) is 2.30. The third-order valence-corrected chi connectivity index (χ3v) is 4.59. The van der Waals surface area contributed by atoms with Crippen molar-refractivity contribution < 1.29 is 4.79 Å². The van der Waals surface area contributed by atoms with Crippen LogP contribution in [0.25, 0.3) is 10.9 Å². The molecule has 0 saturated carbocycles. The second-order valence-corrected chi connectivity index (χ2v) is 6.14. The number of likely N-dealkylation sites (tertiary alicyclic amines) is 1. The summed E-state index contributed by atoms with van der Waals surface area (Å²) in [6, 6.07) is 8.31. The van der Waals surface area contributed by atoms with E-state index < -0.39 is 0 Å². The first-order valence-electron chi connectivity index (χ1n) is 7.73. The summed E-state index contributed by atoms with van der Waals surface area (Å²) in [6.45, 7) is 3.64. The molecule has 1 fully saturated rings. The molecule has 0 aliphatic carbocycles. The number of carbonyl (C=O) groups is 1. The zero-order chi connectivity index (χ0) is 14.8. The molecular formula is C17H23N3O. The number of para-hydroxylation sites is 1. The van der Waals surface area contributed by atoms with Gasteiger partial charge in [-0.25, -0.2) is 0 Å². The third-order valence-electron chi connectivity index (χ3n) is 4.59. The lowest BCUT2D eigenvalue weighted by Crippen LogP contribution is -2.49. The Bertz CT molecular complexity index is 634. The highest BCUT2D eigenvalue weighted by Gasteiger charge is 2.29. The number of piperidine rings is 1. The van der Waals surface area contributed by atoms with Crippen LogP contribution in [0, 0.1) is 5.92 Å². The molecule has 1 aliphatic heterocycles. The van der Waals surface area contributed by atoms with Gasteiger partial charge in [0.2, 0.25) is 5.91 Å². The maximum absolute atomic E-state index is 12.6. The summed E-state index contributed by atoms with van der Waals surface area (Å²) in [5.41, 5.74) is 8.02. The van der Waals surface area contributed by atoms with Gasteiger partial charge in [0, 0.05) is 36.2 Å². The predicted molar refractivity (Wildman–Crippen MR) is 85.0 cm³/mol. The number of nitrogens with two attached hydrogens (primary N) is 1. The second-order valence-electron chi connectivity index (χ2n) is 6.14. The van der Waals surface area contributed by atoms with Gasteiger partial charge in [-0.2, -0.15) is 0 Å². The Morgan fingerprint density at radius 1 is 1.43 bits per heavy atom. The standard InChI is InChI=1S/C17H23N3O/c1-12-6-7-20(14(8-12)10-18)17(21)9-13-11-19-16-5-3-2-4-15(13)16/h2-5,11-12,14,19H,6-10,18H2,1H3. The smallest absolute Gasteiger partial charge is 0.227 e. The number of aromatic amines is 1. The lowest BCUT2D eigenvalue weighted by atomic mass is 9.92. The van der Waals surface area contributed by atoms with E-state index in [9.17, 15) is 4.79 Å². The fraction of sp³-hybridized carbons (Fsp3) is 0.471. The zero-order valence-corrected chi connectivity index (χ0v) is 12.5. The van der Waals surface area contributed by atoms with Crippen LogP contribution in [0.2, 0.25) is 0 Å². The minimum absolute atomic E-state index is 0.196. The van der Waals surface area contributed by atoms with Gasteiger partial charge in [0.25, 0.3) is 0 Å². The number of rotatable bonds is 3. The largest absolute Gasteiger partial charge is 0.361 e. The number of amides is 1. The van der Waals surface area contributed by atoms with E-state index in [1.165, 1.54) is 0 Å². The Labute approximate surface area is 125 Å². The van der Waals surface area contributed by atoms with Gasteiger partial charge in [-0.3, -0.25) is 4.79 Å². The third kappa shape index (κ3) is 2.81. The second kappa shape index (κ2) is 5.90. The molecule has 1 amide bonds. The average molecular weight is 285 g/mol. The Morgan fingerprint density at radius 2 is 2.24 bits per heavy atom. The average Bonchev–Trinajstić information content (AvgIpc) is 2.90. The first-order valence-corrected chi connectivity index (χ1v) is 7.73. The van der Waals surface area contributed by atoms with Crippen LogP contribution in [0.4, 0.5) is 0 Å². The van der Waals surface area contributed by atoms with Crippen LogP contribution in [0.3, 0.4) is 0 Å². The Hall–Kier alpha value is -1.81. The van der Waals surface area contributed by atoms with Crippen LogP contribution in [0.1, 0.15) is 25.3 Å². The molecule has 2 aromatic rings. The molecule has 4 nitrogen and oxygen atoms in total. The van der Waals surface area contributed by atoms with Crippen LogP contribution in [-0.2, 0) is 11.2 Å². The SMILES string of the molecule is CC1CCN(C(=O)Cc2c[nH]c3ccccc23)C(CN)C1. The Morgan fingerprint density at radius 3 is 3.05 bits per heavy atom. The summed E-state index contributed by atoms with van der Waals surface area (Å²) in [5.74, 6) is 0.859. The van der Waals surface area contributed by atoms with E-state index in [4.69, 9.17) is 5.73 Å². The molecule has 0 radical (unpaired) electrons. The number of hydrogen-bond donors (Lipinski definition) is 2. The van der Waals surface area contributed by atoms with E-state index in [1.807, 2.05) is 29.3 Å². The number of benzene rings is 1. The van der Waals surface area contributed by atoms with E-state index in [-0.39, 0.29) is 11.9 Å². The van der Waals surface area contributed by atoms with Crippen molar-refractivity contribution in [2.75, 3.05) is 13.1 Å². The van der Waals surface area contributed by atoms with Crippen molar-refractivity contribution in [1.29, 1.82) is 0 Å². The van der Waals surface area contributed by atoms with E-state index >= 15 is 0 Å². The topological polar surface area (TPSA) is 62.1 Å². The van der Waals surface area contributed by atoms with Crippen LogP contribution < -0.4 is 5.73 Å². The number of hydrogen-bond acceptors (Lipinski definition) is 2. The molecule has 1 aromatic carbocycles. The van der Waals surface area contributed by atoms with E-state index in [1.54, 1.807) is 0 Å². The van der Waals surface area contributed by atoms with E-state index in [2.05, 4.69) is 18.0 Å². The highest BCUT2D eigenvalue weighted by molar-refractivity contribution is 5.89. The number of H-pyrrole nitrogens is 1. The van der Waals surface area contributed by atoms with Crippen LogP contribution in [-0.4, -0.2) is 34.9 Å². The van der Waals surface area contributed by atoms with Gasteiger partial charge in [0.05, 0.1) is 6.42 Å². The number of aromatic nitrogens is 1. The van der Waals surface area contributed by atoms with Crippen molar-refractivity contribution in [2.45, 2.75) is 32.2 Å². The summed E-state index contributed by atoms with van der Waals surface area (Å²) < 4.78 is 0. The van der Waals surface area contributed by atoms with Crippen molar-refractivity contribution in [2.24, 2.45) is 11.7 Å². The monoisotopic (exact) mass is 285 g/mol. The van der Waals surface area contributed by atoms with Crippen LogP contribution in [0.15, 0.2) is 30.5 Å². The summed E-state index contributed by atoms with van der Waals surface area (Å²) in [5, 5.41) is 1.14. The van der Waals surface area contributed by atoms with Gasteiger partial charge in [0.1, 0.15) is 0 Å². The van der Waals surface area contributed by atoms with Crippen molar-refractivity contribution in [1.82, 2.24) is 9.88 Å². The first kappa shape index (κ1) is 14.1. The van der Waals surface area contributed by atoms with Gasteiger partial charge in [-0.05, 0) is 30.4 Å². The summed E-state index contributed by atoms with van der Waals surface area (Å²) in [7, 11) is 0. The maximum atomic E-state index is 12.6. The van der Waals surface area contributed by atoms with Crippen molar-refractivity contribution in [3.63, 3.8) is 0 Å². The molecule has 2 unspecified atom stereocenters. The van der Waals surface area contributed by atoms with Crippen LogP contribution in [0.5, 0.6) is 0 Å². The molecule has 2 heterocycles. The van der Waals surface area contributed by atoms with Gasteiger partial charge >= 0.3 is 0 Å². The molecule has 112 valence electrons. The zero-order valence-electron chi connectivity index (χ0n) is 12.5. The first-order chi connectivity index (χ1) is 10.2. The summed E-state index contributed by atoms with van der Waals surface area (Å²) in [4.78, 5) is 17.9. The van der Waals surface area contributed by atoms with Gasteiger partial charge in [-0.15, -0.1) is 0 Å². The minimum Gasteiger partial charge on any atom is -0.361 e. The lowest BCUT2D eigenvalue weighted by molar-refractivity contribution is -0.134. The molecular weight excluding hydrogens is 262 g/mol. The molecule has 3 rings (SSSR count). The Kier molecular flexibility index (Phi) is 3.97. The highest BCUT2D eigenvalue weighted by Crippen LogP contribution is 2.24. The molecule has 0 spiro atoms. The number of nitrogens with one attached hydrogen (secondary N) is 1. The van der Waals surface area contributed by atoms with Crippen molar-refractivity contribution in [3.05, 3.63) is 36.0 Å². The lowest BCUT2D eigenvalue weighted by Gasteiger charge is -2.38. The fourth-order valence-corrected chi connectivity index (χ4v) is 3.35. The molecule has 1 aliphatic rings. The fourth-order valence-electron chi connectivity index (χ4n) is 3.35. The van der Waals surface area contributed by atoms with Gasteiger partial charge in [-0.1, -0.05) is 25.1 Å². The minimum atomic E-state index is 0.196. The molecule has 21 heavy (non-hydrogen) atoms. The molecule has 2 atom stereocenters. The van der Waals surface area contributed by atoms with Gasteiger partial charge in [0.15, 0.2) is 0 Å². The highest BCUT2D eigenvalue weighted by atomic mass is 16.2. The van der Waals surface area contributed by atoms with Crippen molar-refractivity contribution in [3.8, 4) is 0 Å². The van der Waals surface area contributed by atoms with Gasteiger partial charge < -0.3 is 15.6 Å². The van der Waals surface area contributed by atoms with Crippen molar-refractivity contribution >= 4 is 16.8 Å². The summed E-state index contributed by atoms with van der Waals surface area (Å²) in [6.07, 6.45) is 4.51. The van der Waals surface area contributed by atoms with Crippen LogP contribution >= 0.6 is 0 Å². The molecule has 0 bridgehead atoms. The maximum Gasteiger partial charge on any atom is 0.227 e. The van der Waals surface area contributed by atoms with E-state index in [0.29, 0.717) is 18.9 Å². The molecule has 4 heteroatoms. The number of fused-ring (bicyclic) bond motifs is 1. The molecule has 3 N–H and O–H groups in total.